The summed E-state index contributed by atoms with van der Waals surface area (Å²) in [6, 6.07) is 9.91. The van der Waals surface area contributed by atoms with Crippen molar-refractivity contribution in [3.63, 3.8) is 0 Å². The average Bonchev–Trinajstić information content (AvgIpc) is 2.25. The summed E-state index contributed by atoms with van der Waals surface area (Å²) >= 11 is 0. The van der Waals surface area contributed by atoms with Gasteiger partial charge in [0.25, 0.3) is 0 Å². The number of rotatable bonds is 5. The lowest BCUT2D eigenvalue weighted by Crippen LogP contribution is -1.99. The second-order valence-electron chi connectivity index (χ2n) is 3.21. The minimum atomic E-state index is -0.949. The van der Waals surface area contributed by atoms with E-state index in [0.717, 1.165) is 6.42 Å². The van der Waals surface area contributed by atoms with Gasteiger partial charge in [-0.1, -0.05) is 30.3 Å². The highest BCUT2D eigenvalue weighted by Gasteiger charge is 1.98. The van der Waals surface area contributed by atoms with Crippen LogP contribution in [0.1, 0.15) is 12.5 Å². The zero-order valence-electron chi connectivity index (χ0n) is 8.64. The van der Waals surface area contributed by atoms with Gasteiger partial charge >= 0.3 is 5.97 Å². The van der Waals surface area contributed by atoms with Crippen LogP contribution in [-0.2, 0) is 16.0 Å². The third-order valence-corrected chi connectivity index (χ3v) is 1.95. The van der Waals surface area contributed by atoms with Crippen molar-refractivity contribution in [2.75, 3.05) is 6.61 Å². The van der Waals surface area contributed by atoms with Crippen molar-refractivity contribution in [1.29, 1.82) is 0 Å². The van der Waals surface area contributed by atoms with Crippen LogP contribution in [0.25, 0.3) is 0 Å². The zero-order chi connectivity index (χ0) is 11.1. The number of carbonyl (C=O) groups is 1. The lowest BCUT2D eigenvalue weighted by Gasteiger charge is -2.01. The SMILES string of the molecule is CC(=COCCc1ccccc1)C(=O)O. The molecular weight excluding hydrogens is 192 g/mol. The maximum Gasteiger partial charge on any atom is 0.334 e. The van der Waals surface area contributed by atoms with Gasteiger partial charge in [0.2, 0.25) is 0 Å². The van der Waals surface area contributed by atoms with Crippen LogP contribution < -0.4 is 0 Å². The van der Waals surface area contributed by atoms with Crippen LogP contribution in [0, 0.1) is 0 Å². The Balaban J connectivity index is 2.29. The Kier molecular flexibility index (Phi) is 4.41. The molecule has 0 spiro atoms. The number of hydrogen-bond donors (Lipinski definition) is 1. The molecule has 0 heterocycles. The first-order valence-electron chi connectivity index (χ1n) is 4.76. The van der Waals surface area contributed by atoms with Gasteiger partial charge in [-0.25, -0.2) is 4.79 Å². The summed E-state index contributed by atoms with van der Waals surface area (Å²) in [5.41, 5.74) is 1.39. The topological polar surface area (TPSA) is 46.5 Å². The lowest BCUT2D eigenvalue weighted by molar-refractivity contribution is -0.132. The van der Waals surface area contributed by atoms with E-state index in [2.05, 4.69) is 0 Å². The van der Waals surface area contributed by atoms with Crippen molar-refractivity contribution >= 4 is 5.97 Å². The highest BCUT2D eigenvalue weighted by atomic mass is 16.5. The molecule has 80 valence electrons. The van der Waals surface area contributed by atoms with Gasteiger partial charge in [0, 0.05) is 6.42 Å². The Morgan fingerprint density at radius 3 is 2.67 bits per heavy atom. The van der Waals surface area contributed by atoms with E-state index in [4.69, 9.17) is 9.84 Å². The molecule has 0 bridgehead atoms. The second-order valence-corrected chi connectivity index (χ2v) is 3.21. The monoisotopic (exact) mass is 206 g/mol. The zero-order valence-corrected chi connectivity index (χ0v) is 8.64. The van der Waals surface area contributed by atoms with E-state index in [9.17, 15) is 4.79 Å². The molecule has 0 saturated carbocycles. The Labute approximate surface area is 89.0 Å². The fraction of sp³-hybridized carbons (Fsp3) is 0.250. The molecule has 0 aromatic heterocycles. The smallest absolute Gasteiger partial charge is 0.334 e. The van der Waals surface area contributed by atoms with Crippen LogP contribution in [0.4, 0.5) is 0 Å². The molecule has 3 nitrogen and oxygen atoms in total. The van der Waals surface area contributed by atoms with Crippen LogP contribution in [0.15, 0.2) is 42.2 Å². The van der Waals surface area contributed by atoms with E-state index in [1.807, 2.05) is 30.3 Å². The number of benzene rings is 1. The fourth-order valence-corrected chi connectivity index (χ4v) is 1.06. The van der Waals surface area contributed by atoms with Crippen LogP contribution in [0.3, 0.4) is 0 Å². The highest BCUT2D eigenvalue weighted by Crippen LogP contribution is 2.00. The van der Waals surface area contributed by atoms with E-state index >= 15 is 0 Å². The van der Waals surface area contributed by atoms with Crippen molar-refractivity contribution in [3.8, 4) is 0 Å². The van der Waals surface area contributed by atoms with Crippen molar-refractivity contribution in [1.82, 2.24) is 0 Å². The first-order chi connectivity index (χ1) is 7.20. The lowest BCUT2D eigenvalue weighted by atomic mass is 10.2. The minimum absolute atomic E-state index is 0.211. The number of carboxylic acids is 1. The van der Waals surface area contributed by atoms with Crippen molar-refractivity contribution in [3.05, 3.63) is 47.7 Å². The summed E-state index contributed by atoms with van der Waals surface area (Å²) < 4.78 is 5.12. The molecule has 0 unspecified atom stereocenters. The van der Waals surface area contributed by atoms with Crippen LogP contribution >= 0.6 is 0 Å². The summed E-state index contributed by atoms with van der Waals surface area (Å²) in [6.45, 7) is 2.00. The molecule has 0 saturated heterocycles. The normalized spacial score (nSPS) is 11.1. The fourth-order valence-electron chi connectivity index (χ4n) is 1.06. The van der Waals surface area contributed by atoms with Crippen molar-refractivity contribution in [2.45, 2.75) is 13.3 Å². The van der Waals surface area contributed by atoms with Crippen molar-refractivity contribution in [2.24, 2.45) is 0 Å². The van der Waals surface area contributed by atoms with Crippen molar-refractivity contribution < 1.29 is 14.6 Å². The maximum atomic E-state index is 10.4. The van der Waals surface area contributed by atoms with Gasteiger partial charge in [-0.15, -0.1) is 0 Å². The summed E-state index contributed by atoms with van der Waals surface area (Å²) in [6.07, 6.45) is 2.06. The molecular formula is C12H14O3. The number of aliphatic carboxylic acids is 1. The first kappa shape index (κ1) is 11.3. The summed E-state index contributed by atoms with van der Waals surface area (Å²) in [5, 5.41) is 8.55. The maximum absolute atomic E-state index is 10.4. The van der Waals surface area contributed by atoms with E-state index in [-0.39, 0.29) is 5.57 Å². The third kappa shape index (κ3) is 4.31. The van der Waals surface area contributed by atoms with Crippen LogP contribution in [0.5, 0.6) is 0 Å². The summed E-state index contributed by atoms with van der Waals surface area (Å²) in [7, 11) is 0. The number of carboxylic acid groups (broad SMARTS) is 1. The molecule has 0 atom stereocenters. The van der Waals surface area contributed by atoms with E-state index in [1.54, 1.807) is 0 Å². The Morgan fingerprint density at radius 1 is 1.40 bits per heavy atom. The van der Waals surface area contributed by atoms with E-state index in [0.29, 0.717) is 6.61 Å². The largest absolute Gasteiger partial charge is 0.500 e. The van der Waals surface area contributed by atoms with Gasteiger partial charge < -0.3 is 9.84 Å². The van der Waals surface area contributed by atoms with Gasteiger partial charge in [-0.2, -0.15) is 0 Å². The summed E-state index contributed by atoms with van der Waals surface area (Å²) in [4.78, 5) is 10.4. The molecule has 1 aromatic rings. The molecule has 3 heteroatoms. The average molecular weight is 206 g/mol. The molecule has 0 aliphatic carbocycles. The molecule has 0 radical (unpaired) electrons. The van der Waals surface area contributed by atoms with E-state index < -0.39 is 5.97 Å². The summed E-state index contributed by atoms with van der Waals surface area (Å²) in [5.74, 6) is -0.949. The van der Waals surface area contributed by atoms with Gasteiger partial charge in [0.15, 0.2) is 0 Å². The van der Waals surface area contributed by atoms with Crippen LogP contribution in [-0.4, -0.2) is 17.7 Å². The van der Waals surface area contributed by atoms with Gasteiger partial charge in [0.1, 0.15) is 0 Å². The van der Waals surface area contributed by atoms with Gasteiger partial charge in [-0.3, -0.25) is 0 Å². The highest BCUT2D eigenvalue weighted by molar-refractivity contribution is 5.85. The number of hydrogen-bond acceptors (Lipinski definition) is 2. The second kappa shape index (κ2) is 5.86. The molecule has 0 aliphatic heterocycles. The molecule has 15 heavy (non-hydrogen) atoms. The first-order valence-corrected chi connectivity index (χ1v) is 4.76. The molecule has 0 fully saturated rings. The minimum Gasteiger partial charge on any atom is -0.500 e. The molecule has 1 rings (SSSR count). The third-order valence-electron chi connectivity index (χ3n) is 1.95. The molecule has 1 aromatic carbocycles. The predicted octanol–water partition coefficient (Wildman–Crippen LogP) is 2.23. The Bertz CT molecular complexity index is 341. The van der Waals surface area contributed by atoms with Gasteiger partial charge in [0.05, 0.1) is 18.4 Å². The van der Waals surface area contributed by atoms with E-state index in [1.165, 1.54) is 18.7 Å². The quantitative estimate of drug-likeness (QED) is 0.456. The van der Waals surface area contributed by atoms with Crippen LogP contribution in [0.2, 0.25) is 0 Å². The Morgan fingerprint density at radius 2 is 2.07 bits per heavy atom. The molecule has 0 aliphatic rings. The predicted molar refractivity (Wildman–Crippen MR) is 57.5 cm³/mol. The molecule has 1 N–H and O–H groups in total. The molecule has 0 amide bonds. The van der Waals surface area contributed by atoms with Gasteiger partial charge in [-0.05, 0) is 12.5 Å². The standard InChI is InChI=1S/C12H14O3/c1-10(12(13)14)9-15-8-7-11-5-3-2-4-6-11/h2-6,9H,7-8H2,1H3,(H,13,14). The Hall–Kier alpha value is -1.77. The number of ether oxygens (including phenoxy) is 1.